The first-order chi connectivity index (χ1) is 6.55. The molecule has 0 aliphatic heterocycles. The molecule has 1 unspecified atom stereocenters. The minimum atomic E-state index is -0.859. The molecule has 1 atom stereocenters. The largest absolute Gasteiger partial charge is 0.459 e. The molecule has 0 radical (unpaired) electrons. The maximum absolute atomic E-state index is 11.4. The lowest BCUT2D eigenvalue weighted by Crippen LogP contribution is -2.39. The van der Waals surface area contributed by atoms with Crippen molar-refractivity contribution in [1.82, 2.24) is 5.32 Å². The highest BCUT2D eigenvalue weighted by Gasteiger charge is 2.19. The van der Waals surface area contributed by atoms with Gasteiger partial charge < -0.3 is 14.8 Å². The van der Waals surface area contributed by atoms with Crippen molar-refractivity contribution in [3.63, 3.8) is 0 Å². The van der Waals surface area contributed by atoms with Crippen LogP contribution in [0.2, 0.25) is 0 Å². The van der Waals surface area contributed by atoms with E-state index in [2.05, 4.69) is 5.32 Å². The van der Waals surface area contributed by atoms with Crippen LogP contribution in [0.5, 0.6) is 0 Å². The zero-order valence-corrected chi connectivity index (χ0v) is 8.41. The highest BCUT2D eigenvalue weighted by Crippen LogP contribution is 2.07. The smallest absolute Gasteiger partial charge is 0.287 e. The van der Waals surface area contributed by atoms with Gasteiger partial charge in [-0.15, -0.1) is 0 Å². The molecule has 0 saturated carbocycles. The van der Waals surface area contributed by atoms with Gasteiger partial charge in [0.1, 0.15) is 0 Å². The maximum atomic E-state index is 11.4. The van der Waals surface area contributed by atoms with Crippen LogP contribution in [0.25, 0.3) is 0 Å². The number of aliphatic hydroxyl groups is 1. The molecule has 2 N–H and O–H groups in total. The Kier molecular flexibility index (Phi) is 3.30. The van der Waals surface area contributed by atoms with Crippen molar-refractivity contribution in [2.45, 2.75) is 25.9 Å². The van der Waals surface area contributed by atoms with Gasteiger partial charge >= 0.3 is 0 Å². The number of furan rings is 1. The number of nitrogens with one attached hydrogen (secondary N) is 1. The molecule has 0 aliphatic carbocycles. The summed E-state index contributed by atoms with van der Waals surface area (Å²) in [5.74, 6) is -0.0411. The Morgan fingerprint density at radius 1 is 1.71 bits per heavy atom. The third-order valence-corrected chi connectivity index (χ3v) is 2.14. The molecule has 0 aliphatic rings. The molecule has 14 heavy (non-hydrogen) atoms. The van der Waals surface area contributed by atoms with Gasteiger partial charge in [-0.1, -0.05) is 6.92 Å². The molecule has 4 nitrogen and oxygen atoms in total. The zero-order chi connectivity index (χ0) is 10.6. The fourth-order valence-corrected chi connectivity index (χ4v) is 0.891. The molecule has 1 amide bonds. The van der Waals surface area contributed by atoms with Crippen LogP contribution in [0.15, 0.2) is 22.8 Å². The normalized spacial score (nSPS) is 14.8. The molecule has 4 heteroatoms. The van der Waals surface area contributed by atoms with E-state index < -0.39 is 5.60 Å². The van der Waals surface area contributed by atoms with E-state index in [1.807, 2.05) is 6.92 Å². The highest BCUT2D eigenvalue weighted by molar-refractivity contribution is 5.91. The van der Waals surface area contributed by atoms with E-state index in [9.17, 15) is 9.90 Å². The molecule has 1 aromatic heterocycles. The first-order valence-corrected chi connectivity index (χ1v) is 4.59. The third kappa shape index (κ3) is 2.88. The van der Waals surface area contributed by atoms with Crippen LogP contribution in [0.3, 0.4) is 0 Å². The Balaban J connectivity index is 2.43. The summed E-state index contributed by atoms with van der Waals surface area (Å²) in [6, 6.07) is 3.23. The van der Waals surface area contributed by atoms with E-state index in [0.29, 0.717) is 6.42 Å². The van der Waals surface area contributed by atoms with E-state index in [4.69, 9.17) is 4.42 Å². The summed E-state index contributed by atoms with van der Waals surface area (Å²) < 4.78 is 4.90. The molecule has 0 aromatic carbocycles. The summed E-state index contributed by atoms with van der Waals surface area (Å²) in [4.78, 5) is 11.4. The summed E-state index contributed by atoms with van der Waals surface area (Å²) in [6.07, 6.45) is 2.03. The van der Waals surface area contributed by atoms with Gasteiger partial charge in [-0.2, -0.15) is 0 Å². The van der Waals surface area contributed by atoms with Crippen LogP contribution >= 0.6 is 0 Å². The van der Waals surface area contributed by atoms with Crippen LogP contribution in [0.4, 0.5) is 0 Å². The lowest BCUT2D eigenvalue weighted by Gasteiger charge is -2.20. The molecule has 0 spiro atoms. The summed E-state index contributed by atoms with van der Waals surface area (Å²) in [6.45, 7) is 3.76. The van der Waals surface area contributed by atoms with E-state index >= 15 is 0 Å². The monoisotopic (exact) mass is 197 g/mol. The van der Waals surface area contributed by atoms with Crippen LogP contribution in [-0.4, -0.2) is 23.2 Å². The average Bonchev–Trinajstić information content (AvgIpc) is 2.67. The molecular weight excluding hydrogens is 182 g/mol. The second kappa shape index (κ2) is 4.28. The van der Waals surface area contributed by atoms with E-state index in [1.165, 1.54) is 6.26 Å². The van der Waals surface area contributed by atoms with Gasteiger partial charge in [-0.25, -0.2) is 0 Å². The Hall–Kier alpha value is -1.29. The first kappa shape index (κ1) is 10.8. The molecule has 1 heterocycles. The molecule has 1 aromatic rings. The molecule has 0 bridgehead atoms. The molecule has 1 rings (SSSR count). The highest BCUT2D eigenvalue weighted by atomic mass is 16.3. The van der Waals surface area contributed by atoms with Gasteiger partial charge in [0.05, 0.1) is 11.9 Å². The van der Waals surface area contributed by atoms with Crippen LogP contribution in [0, 0.1) is 0 Å². The summed E-state index contributed by atoms with van der Waals surface area (Å²) in [5, 5.41) is 12.2. The van der Waals surface area contributed by atoms with E-state index in [0.717, 1.165) is 0 Å². The van der Waals surface area contributed by atoms with Crippen LogP contribution in [0.1, 0.15) is 30.8 Å². The second-order valence-electron chi connectivity index (χ2n) is 3.51. The number of carbonyl (C=O) groups is 1. The quantitative estimate of drug-likeness (QED) is 0.761. The lowest BCUT2D eigenvalue weighted by molar-refractivity contribution is 0.0511. The molecular formula is C10H15NO3. The summed E-state index contributed by atoms with van der Waals surface area (Å²) in [5.41, 5.74) is -0.859. The van der Waals surface area contributed by atoms with Gasteiger partial charge in [-0.05, 0) is 25.5 Å². The number of rotatable bonds is 4. The van der Waals surface area contributed by atoms with E-state index in [1.54, 1.807) is 19.1 Å². The Bertz CT molecular complexity index is 290. The minimum absolute atomic E-state index is 0.225. The molecule has 0 fully saturated rings. The van der Waals surface area contributed by atoms with Crippen molar-refractivity contribution in [2.75, 3.05) is 6.54 Å². The number of hydrogen-bond donors (Lipinski definition) is 2. The van der Waals surface area contributed by atoms with Crippen molar-refractivity contribution in [3.8, 4) is 0 Å². The van der Waals surface area contributed by atoms with Crippen molar-refractivity contribution in [2.24, 2.45) is 0 Å². The predicted octanol–water partition coefficient (Wildman–Crippen LogP) is 1.17. The standard InChI is InChI=1S/C10H15NO3/c1-3-10(2,13)7-11-9(12)8-5-4-6-14-8/h4-6,13H,3,7H2,1-2H3,(H,11,12). The number of carbonyl (C=O) groups excluding carboxylic acids is 1. The predicted molar refractivity (Wildman–Crippen MR) is 52.0 cm³/mol. The van der Waals surface area contributed by atoms with Gasteiger partial charge in [0.2, 0.25) is 0 Å². The van der Waals surface area contributed by atoms with Crippen molar-refractivity contribution in [1.29, 1.82) is 0 Å². The number of hydrogen-bond acceptors (Lipinski definition) is 3. The molecule has 0 saturated heterocycles. The third-order valence-electron chi connectivity index (χ3n) is 2.14. The summed E-state index contributed by atoms with van der Waals surface area (Å²) in [7, 11) is 0. The lowest BCUT2D eigenvalue weighted by atomic mass is 10.0. The van der Waals surface area contributed by atoms with Gasteiger partial charge in [-0.3, -0.25) is 4.79 Å². The van der Waals surface area contributed by atoms with Gasteiger partial charge in [0, 0.05) is 6.54 Å². The second-order valence-corrected chi connectivity index (χ2v) is 3.51. The van der Waals surface area contributed by atoms with Crippen LogP contribution in [-0.2, 0) is 0 Å². The van der Waals surface area contributed by atoms with Gasteiger partial charge in [0.15, 0.2) is 5.76 Å². The Morgan fingerprint density at radius 3 is 2.93 bits per heavy atom. The van der Waals surface area contributed by atoms with Crippen molar-refractivity contribution < 1.29 is 14.3 Å². The van der Waals surface area contributed by atoms with Crippen molar-refractivity contribution >= 4 is 5.91 Å². The SMILES string of the molecule is CCC(C)(O)CNC(=O)c1ccco1. The average molecular weight is 197 g/mol. The first-order valence-electron chi connectivity index (χ1n) is 4.59. The zero-order valence-electron chi connectivity index (χ0n) is 8.41. The Labute approximate surface area is 82.9 Å². The van der Waals surface area contributed by atoms with Crippen molar-refractivity contribution in [3.05, 3.63) is 24.2 Å². The van der Waals surface area contributed by atoms with Crippen LogP contribution < -0.4 is 5.32 Å². The minimum Gasteiger partial charge on any atom is -0.459 e. The molecule has 78 valence electrons. The number of amides is 1. The topological polar surface area (TPSA) is 62.5 Å². The fraction of sp³-hybridized carbons (Fsp3) is 0.500. The Morgan fingerprint density at radius 2 is 2.43 bits per heavy atom. The van der Waals surface area contributed by atoms with E-state index in [-0.39, 0.29) is 18.2 Å². The fourth-order valence-electron chi connectivity index (χ4n) is 0.891. The van der Waals surface area contributed by atoms with Gasteiger partial charge in [0.25, 0.3) is 5.91 Å². The maximum Gasteiger partial charge on any atom is 0.287 e. The summed E-state index contributed by atoms with van der Waals surface area (Å²) >= 11 is 0.